The molecule has 3 atom stereocenters. The Morgan fingerprint density at radius 1 is 0.906 bits per heavy atom. The largest absolute Gasteiger partial charge is 0.494 e. The Morgan fingerprint density at radius 3 is 2.38 bits per heavy atom. The molecule has 3 N–H and O–H groups in total. The molecule has 3 aromatic carbocycles. The molecule has 6 nitrogen and oxygen atoms in total. The monoisotopic (exact) mass is 423 g/mol. The summed E-state index contributed by atoms with van der Waals surface area (Å²) in [6.45, 7) is 3.88. The normalized spacial score (nSPS) is 27.0. The van der Waals surface area contributed by atoms with Gasteiger partial charge >= 0.3 is 0 Å². The van der Waals surface area contributed by atoms with E-state index in [0.717, 1.165) is 54.4 Å². The first-order valence-corrected chi connectivity index (χ1v) is 11.0. The summed E-state index contributed by atoms with van der Waals surface area (Å²) in [5.41, 5.74) is 2.12. The Balaban J connectivity index is 1.84. The van der Waals surface area contributed by atoms with Gasteiger partial charge in [0.15, 0.2) is 11.6 Å². The third-order valence-electron chi connectivity index (χ3n) is 8.04. The quantitative estimate of drug-likeness (QED) is 0.304. The lowest BCUT2D eigenvalue weighted by atomic mass is 9.91. The number of hydrogen-bond donors (Lipinski definition) is 3. The fourth-order valence-electron chi connectivity index (χ4n) is 6.49. The van der Waals surface area contributed by atoms with Crippen LogP contribution in [0.4, 0.5) is 0 Å². The molecule has 0 aliphatic carbocycles. The van der Waals surface area contributed by atoms with E-state index in [4.69, 9.17) is 4.74 Å². The van der Waals surface area contributed by atoms with E-state index in [0.29, 0.717) is 6.42 Å². The number of fused-ring (bicyclic) bond motifs is 13. The van der Waals surface area contributed by atoms with Crippen molar-refractivity contribution in [2.75, 3.05) is 0 Å². The van der Waals surface area contributed by atoms with Gasteiger partial charge in [-0.15, -0.1) is 0 Å². The standard InChI is InChI=1S/C26H21N3O3/c1-25(31)11-18-28-16-9-5-3-7-13(16)20-21-15(12-27-24(21)30)19-14-8-4-6-10-17(14)29(23(19)22(20)28)26(25,2)32-18/h3-10,12,18,27,30-31H,11H2,1-2H3/t18?,25-,26-/m0/s1. The predicted octanol–water partition coefficient (Wildman–Crippen LogP) is 5.45. The SMILES string of the molecule is C[C@]1(O)CC2O[C@]1(C)n1c3ccccc3c3c4c[nH]c(O)c4c4c5ccccc5n2c4c31. The van der Waals surface area contributed by atoms with Gasteiger partial charge < -0.3 is 29.1 Å². The van der Waals surface area contributed by atoms with Crippen molar-refractivity contribution < 1.29 is 14.9 Å². The summed E-state index contributed by atoms with van der Waals surface area (Å²) in [6.07, 6.45) is 2.05. The van der Waals surface area contributed by atoms with E-state index < -0.39 is 11.3 Å². The van der Waals surface area contributed by atoms with E-state index in [1.807, 2.05) is 44.3 Å². The summed E-state index contributed by atoms with van der Waals surface area (Å²) in [4.78, 5) is 3.07. The summed E-state index contributed by atoms with van der Waals surface area (Å²) >= 11 is 0. The van der Waals surface area contributed by atoms with Gasteiger partial charge in [-0.1, -0.05) is 36.4 Å². The van der Waals surface area contributed by atoms with Crippen molar-refractivity contribution in [3.8, 4) is 5.88 Å². The second kappa shape index (κ2) is 4.95. The van der Waals surface area contributed by atoms with E-state index >= 15 is 0 Å². The van der Waals surface area contributed by atoms with Crippen molar-refractivity contribution in [3.63, 3.8) is 0 Å². The Morgan fingerprint density at radius 2 is 1.59 bits per heavy atom. The highest BCUT2D eigenvalue weighted by atomic mass is 16.6. The Bertz CT molecular complexity index is 1800. The molecule has 1 fully saturated rings. The molecule has 2 aliphatic heterocycles. The number of ether oxygens (including phenoxy) is 1. The number of nitrogens with one attached hydrogen (secondary N) is 1. The van der Waals surface area contributed by atoms with E-state index in [-0.39, 0.29) is 12.1 Å². The number of H-pyrrole nitrogens is 1. The Labute approximate surface area is 182 Å². The van der Waals surface area contributed by atoms with Crippen LogP contribution in [0.25, 0.3) is 54.4 Å². The van der Waals surface area contributed by atoms with Crippen LogP contribution in [0.2, 0.25) is 0 Å². The lowest BCUT2D eigenvalue weighted by Gasteiger charge is -2.37. The lowest BCUT2D eigenvalue weighted by Crippen LogP contribution is -2.48. The van der Waals surface area contributed by atoms with Crippen molar-refractivity contribution >= 4 is 54.4 Å². The molecule has 8 rings (SSSR count). The molecule has 6 heteroatoms. The number of aromatic nitrogens is 3. The van der Waals surface area contributed by atoms with Gasteiger partial charge in [-0.2, -0.15) is 0 Å². The van der Waals surface area contributed by atoms with Gasteiger partial charge in [-0.25, -0.2) is 0 Å². The molecule has 5 heterocycles. The molecule has 32 heavy (non-hydrogen) atoms. The van der Waals surface area contributed by atoms with Crippen molar-refractivity contribution in [2.45, 2.75) is 37.8 Å². The predicted molar refractivity (Wildman–Crippen MR) is 125 cm³/mol. The topological polar surface area (TPSA) is 75.3 Å². The van der Waals surface area contributed by atoms with Crippen molar-refractivity contribution in [1.82, 2.24) is 14.1 Å². The van der Waals surface area contributed by atoms with Crippen LogP contribution in [-0.4, -0.2) is 29.9 Å². The first-order chi connectivity index (χ1) is 15.4. The van der Waals surface area contributed by atoms with E-state index in [9.17, 15) is 10.2 Å². The van der Waals surface area contributed by atoms with Crippen LogP contribution in [0.15, 0.2) is 54.7 Å². The number of para-hydroxylation sites is 2. The summed E-state index contributed by atoms with van der Waals surface area (Å²) in [5.74, 6) is 0.176. The molecule has 0 spiro atoms. The number of aliphatic hydroxyl groups is 1. The molecular weight excluding hydrogens is 402 g/mol. The number of benzene rings is 3. The minimum atomic E-state index is -1.07. The average Bonchev–Trinajstić information content (AvgIpc) is 3.45. The highest BCUT2D eigenvalue weighted by Gasteiger charge is 2.58. The maximum absolute atomic E-state index is 11.7. The second-order valence-electron chi connectivity index (χ2n) is 9.65. The average molecular weight is 423 g/mol. The molecule has 158 valence electrons. The summed E-state index contributed by atoms with van der Waals surface area (Å²) in [6, 6.07) is 16.5. The number of rotatable bonds is 0. The molecular formula is C26H21N3O3. The zero-order chi connectivity index (χ0) is 21.6. The van der Waals surface area contributed by atoms with Crippen LogP contribution in [0.1, 0.15) is 26.5 Å². The smallest absolute Gasteiger partial charge is 0.197 e. The second-order valence-corrected chi connectivity index (χ2v) is 9.65. The van der Waals surface area contributed by atoms with Gasteiger partial charge in [0, 0.05) is 39.5 Å². The molecule has 0 amide bonds. The molecule has 6 aromatic rings. The maximum Gasteiger partial charge on any atom is 0.197 e. The van der Waals surface area contributed by atoms with Gasteiger partial charge in [0.05, 0.1) is 27.5 Å². The third kappa shape index (κ3) is 1.58. The van der Waals surface area contributed by atoms with Crippen LogP contribution in [0.3, 0.4) is 0 Å². The van der Waals surface area contributed by atoms with Crippen molar-refractivity contribution in [3.05, 3.63) is 54.7 Å². The molecule has 1 unspecified atom stereocenters. The first-order valence-electron chi connectivity index (χ1n) is 11.0. The van der Waals surface area contributed by atoms with Gasteiger partial charge in [-0.3, -0.25) is 0 Å². The number of aromatic amines is 1. The molecule has 2 bridgehead atoms. The van der Waals surface area contributed by atoms with E-state index in [1.54, 1.807) is 0 Å². The Kier molecular flexibility index (Phi) is 2.65. The summed E-state index contributed by atoms with van der Waals surface area (Å²) in [5, 5.41) is 28.7. The summed E-state index contributed by atoms with van der Waals surface area (Å²) in [7, 11) is 0. The van der Waals surface area contributed by atoms with Crippen molar-refractivity contribution in [2.24, 2.45) is 0 Å². The third-order valence-corrected chi connectivity index (χ3v) is 8.04. The lowest BCUT2D eigenvalue weighted by molar-refractivity contribution is -0.170. The molecule has 0 saturated carbocycles. The van der Waals surface area contributed by atoms with Crippen LogP contribution in [-0.2, 0) is 10.5 Å². The minimum Gasteiger partial charge on any atom is -0.494 e. The minimum absolute atomic E-state index is 0.176. The van der Waals surface area contributed by atoms with Crippen LogP contribution < -0.4 is 0 Å². The molecule has 2 aliphatic rings. The van der Waals surface area contributed by atoms with Gasteiger partial charge in [-0.05, 0) is 26.0 Å². The fraction of sp³-hybridized carbons (Fsp3) is 0.231. The first kappa shape index (κ1) is 17.1. The zero-order valence-electron chi connectivity index (χ0n) is 17.7. The Hall–Kier alpha value is -3.48. The highest BCUT2D eigenvalue weighted by Crippen LogP contribution is 2.57. The number of aromatic hydroxyl groups is 1. The van der Waals surface area contributed by atoms with E-state index in [1.165, 1.54) is 0 Å². The van der Waals surface area contributed by atoms with Crippen LogP contribution in [0, 0.1) is 0 Å². The van der Waals surface area contributed by atoms with Gasteiger partial charge in [0.2, 0.25) is 0 Å². The van der Waals surface area contributed by atoms with Crippen molar-refractivity contribution in [1.29, 1.82) is 0 Å². The number of hydrogen-bond acceptors (Lipinski definition) is 3. The molecule has 3 aromatic heterocycles. The summed E-state index contributed by atoms with van der Waals surface area (Å²) < 4.78 is 11.2. The fourth-order valence-corrected chi connectivity index (χ4v) is 6.49. The highest BCUT2D eigenvalue weighted by molar-refractivity contribution is 6.37. The molecule has 1 saturated heterocycles. The van der Waals surface area contributed by atoms with Gasteiger partial charge in [0.25, 0.3) is 0 Å². The van der Waals surface area contributed by atoms with Crippen LogP contribution in [0.5, 0.6) is 5.88 Å². The van der Waals surface area contributed by atoms with E-state index in [2.05, 4.69) is 38.4 Å². The number of nitrogens with zero attached hydrogens (tertiary/aromatic N) is 2. The van der Waals surface area contributed by atoms with Gasteiger partial charge in [0.1, 0.15) is 11.8 Å². The zero-order valence-corrected chi connectivity index (χ0v) is 17.7. The molecule has 0 radical (unpaired) electrons. The van der Waals surface area contributed by atoms with Crippen LogP contribution >= 0.6 is 0 Å². The maximum atomic E-state index is 11.7.